The number of carbonyl (C=O) groups excluding carboxylic acids is 1. The maximum Gasteiger partial charge on any atom is 0.246 e. The van der Waals surface area contributed by atoms with Gasteiger partial charge in [0.05, 0.1) is 12.7 Å². The van der Waals surface area contributed by atoms with Crippen LogP contribution in [-0.2, 0) is 21.9 Å². The molecule has 0 aliphatic carbocycles. The molecule has 0 saturated carbocycles. The summed E-state index contributed by atoms with van der Waals surface area (Å²) >= 11 is 0. The van der Waals surface area contributed by atoms with Gasteiger partial charge in [0.25, 0.3) is 0 Å². The second kappa shape index (κ2) is 5.90. The Bertz CT molecular complexity index is 577. The SMILES string of the molecule is Cn1cc(S(=O)(=O)N(CC(N)=O)C2CCCNC2)cn1. The first-order valence-electron chi connectivity index (χ1n) is 6.41. The monoisotopic (exact) mass is 301 g/mol. The van der Waals surface area contributed by atoms with E-state index < -0.39 is 15.9 Å². The predicted octanol–water partition coefficient (Wildman–Crippen LogP) is -1.35. The summed E-state index contributed by atoms with van der Waals surface area (Å²) in [5.74, 6) is -0.664. The van der Waals surface area contributed by atoms with Crippen LogP contribution < -0.4 is 11.1 Å². The van der Waals surface area contributed by atoms with E-state index in [2.05, 4.69) is 10.4 Å². The first kappa shape index (κ1) is 14.9. The zero-order chi connectivity index (χ0) is 14.8. The molecule has 0 radical (unpaired) electrons. The molecular weight excluding hydrogens is 282 g/mol. The van der Waals surface area contributed by atoms with E-state index in [0.717, 1.165) is 13.0 Å². The van der Waals surface area contributed by atoms with Crippen molar-refractivity contribution in [2.75, 3.05) is 19.6 Å². The van der Waals surface area contributed by atoms with Crippen molar-refractivity contribution >= 4 is 15.9 Å². The van der Waals surface area contributed by atoms with Gasteiger partial charge in [-0.3, -0.25) is 9.48 Å². The second-order valence-corrected chi connectivity index (χ2v) is 6.76. The van der Waals surface area contributed by atoms with Crippen molar-refractivity contribution in [2.24, 2.45) is 12.8 Å². The number of primary amides is 1. The zero-order valence-corrected chi connectivity index (χ0v) is 12.1. The van der Waals surface area contributed by atoms with Crippen molar-refractivity contribution < 1.29 is 13.2 Å². The van der Waals surface area contributed by atoms with E-state index in [9.17, 15) is 13.2 Å². The molecule has 9 heteroatoms. The van der Waals surface area contributed by atoms with E-state index in [4.69, 9.17) is 5.73 Å². The van der Waals surface area contributed by atoms with E-state index in [1.54, 1.807) is 7.05 Å². The summed E-state index contributed by atoms with van der Waals surface area (Å²) in [5, 5.41) is 7.01. The summed E-state index contributed by atoms with van der Waals surface area (Å²) in [6.07, 6.45) is 4.27. The Hall–Kier alpha value is -1.45. The molecular formula is C11H19N5O3S. The minimum atomic E-state index is -3.77. The average Bonchev–Trinajstić information content (AvgIpc) is 2.84. The lowest BCUT2D eigenvalue weighted by atomic mass is 10.1. The number of amides is 1. The van der Waals surface area contributed by atoms with Crippen LogP contribution in [0.3, 0.4) is 0 Å². The highest BCUT2D eigenvalue weighted by molar-refractivity contribution is 7.89. The molecule has 1 atom stereocenters. The van der Waals surface area contributed by atoms with Gasteiger partial charge < -0.3 is 11.1 Å². The number of hydrogen-bond donors (Lipinski definition) is 2. The van der Waals surface area contributed by atoms with E-state index in [1.807, 2.05) is 0 Å². The van der Waals surface area contributed by atoms with Crippen LogP contribution >= 0.6 is 0 Å². The lowest BCUT2D eigenvalue weighted by molar-refractivity contribution is -0.118. The quantitative estimate of drug-likeness (QED) is 0.698. The molecule has 8 nitrogen and oxygen atoms in total. The molecule has 112 valence electrons. The van der Waals surface area contributed by atoms with Gasteiger partial charge in [-0.2, -0.15) is 9.40 Å². The van der Waals surface area contributed by atoms with Gasteiger partial charge in [0.15, 0.2) is 0 Å². The third-order valence-electron chi connectivity index (χ3n) is 3.28. The summed E-state index contributed by atoms with van der Waals surface area (Å²) in [7, 11) is -2.13. The van der Waals surface area contributed by atoms with Crippen LogP contribution in [0.15, 0.2) is 17.3 Å². The number of carbonyl (C=O) groups is 1. The molecule has 1 unspecified atom stereocenters. The minimum absolute atomic E-state index is 0.0758. The summed E-state index contributed by atoms with van der Waals surface area (Å²) in [4.78, 5) is 11.3. The third kappa shape index (κ3) is 3.17. The lowest BCUT2D eigenvalue weighted by Crippen LogP contribution is -2.51. The third-order valence-corrected chi connectivity index (χ3v) is 5.13. The maximum absolute atomic E-state index is 12.6. The Morgan fingerprint density at radius 1 is 1.65 bits per heavy atom. The van der Waals surface area contributed by atoms with Crippen molar-refractivity contribution in [2.45, 2.75) is 23.8 Å². The fourth-order valence-corrected chi connectivity index (χ4v) is 3.92. The van der Waals surface area contributed by atoms with E-state index in [0.29, 0.717) is 13.0 Å². The number of nitrogens with one attached hydrogen (secondary N) is 1. The molecule has 1 fully saturated rings. The van der Waals surface area contributed by atoms with E-state index in [1.165, 1.54) is 21.4 Å². The van der Waals surface area contributed by atoms with Crippen molar-refractivity contribution in [3.8, 4) is 0 Å². The largest absolute Gasteiger partial charge is 0.369 e. The summed E-state index contributed by atoms with van der Waals surface area (Å²) < 4.78 is 27.8. The molecule has 1 aromatic heterocycles. The highest BCUT2D eigenvalue weighted by Gasteiger charge is 2.34. The Labute approximate surface area is 118 Å². The van der Waals surface area contributed by atoms with Gasteiger partial charge in [0, 0.05) is 25.8 Å². The normalized spacial score (nSPS) is 20.2. The molecule has 2 heterocycles. The Morgan fingerprint density at radius 2 is 2.40 bits per heavy atom. The lowest BCUT2D eigenvalue weighted by Gasteiger charge is -2.32. The van der Waals surface area contributed by atoms with Crippen molar-refractivity contribution in [1.82, 2.24) is 19.4 Å². The smallest absolute Gasteiger partial charge is 0.246 e. The van der Waals surface area contributed by atoms with Crippen LogP contribution in [0.4, 0.5) is 0 Å². The van der Waals surface area contributed by atoms with Gasteiger partial charge in [-0.05, 0) is 19.4 Å². The summed E-state index contributed by atoms with van der Waals surface area (Å²) in [6, 6.07) is -0.263. The number of rotatable bonds is 5. The first-order chi connectivity index (χ1) is 9.41. The average molecular weight is 301 g/mol. The Kier molecular flexibility index (Phi) is 4.41. The van der Waals surface area contributed by atoms with Gasteiger partial charge in [-0.1, -0.05) is 0 Å². The van der Waals surface area contributed by atoms with Gasteiger partial charge in [-0.15, -0.1) is 0 Å². The van der Waals surface area contributed by atoms with Crippen molar-refractivity contribution in [3.05, 3.63) is 12.4 Å². The number of aryl methyl sites for hydroxylation is 1. The van der Waals surface area contributed by atoms with Crippen molar-refractivity contribution in [3.63, 3.8) is 0 Å². The number of nitrogens with zero attached hydrogens (tertiary/aromatic N) is 3. The fraction of sp³-hybridized carbons (Fsp3) is 0.636. The minimum Gasteiger partial charge on any atom is -0.369 e. The number of nitrogens with two attached hydrogens (primary N) is 1. The Morgan fingerprint density at radius 3 is 2.90 bits per heavy atom. The molecule has 1 saturated heterocycles. The molecule has 2 rings (SSSR count). The van der Waals surface area contributed by atoms with Crippen LogP contribution in [0.25, 0.3) is 0 Å². The predicted molar refractivity (Wildman–Crippen MR) is 72.2 cm³/mol. The van der Waals surface area contributed by atoms with E-state index >= 15 is 0 Å². The number of aromatic nitrogens is 2. The molecule has 1 amide bonds. The van der Waals surface area contributed by atoms with Crippen LogP contribution in [-0.4, -0.2) is 54.1 Å². The van der Waals surface area contributed by atoms with Crippen LogP contribution in [0.2, 0.25) is 0 Å². The van der Waals surface area contributed by atoms with Crippen LogP contribution in [0.5, 0.6) is 0 Å². The molecule has 0 aromatic carbocycles. The molecule has 0 spiro atoms. The standard InChI is InChI=1S/C11H19N5O3S/c1-15-7-10(6-14-15)20(18,19)16(8-11(12)17)9-3-2-4-13-5-9/h6-7,9,13H,2-5,8H2,1H3,(H2,12,17). The molecule has 1 aromatic rings. The highest BCUT2D eigenvalue weighted by Crippen LogP contribution is 2.20. The van der Waals surface area contributed by atoms with Crippen molar-refractivity contribution in [1.29, 1.82) is 0 Å². The number of sulfonamides is 1. The topological polar surface area (TPSA) is 110 Å². The summed E-state index contributed by atoms with van der Waals surface area (Å²) in [5.41, 5.74) is 5.19. The molecule has 1 aliphatic heterocycles. The molecule has 20 heavy (non-hydrogen) atoms. The molecule has 3 N–H and O–H groups in total. The molecule has 1 aliphatic rings. The van der Waals surface area contributed by atoms with Crippen LogP contribution in [0, 0.1) is 0 Å². The van der Waals surface area contributed by atoms with Gasteiger partial charge in [-0.25, -0.2) is 8.42 Å². The van der Waals surface area contributed by atoms with Crippen LogP contribution in [0.1, 0.15) is 12.8 Å². The summed E-state index contributed by atoms with van der Waals surface area (Å²) in [6.45, 7) is 1.06. The molecule has 0 bridgehead atoms. The van der Waals surface area contributed by atoms with Gasteiger partial charge in [0.1, 0.15) is 4.90 Å². The number of hydrogen-bond acceptors (Lipinski definition) is 5. The maximum atomic E-state index is 12.6. The Balaban J connectivity index is 2.31. The first-order valence-corrected chi connectivity index (χ1v) is 7.85. The second-order valence-electron chi connectivity index (χ2n) is 4.87. The van der Waals surface area contributed by atoms with Gasteiger partial charge in [0.2, 0.25) is 15.9 Å². The van der Waals surface area contributed by atoms with Gasteiger partial charge >= 0.3 is 0 Å². The zero-order valence-electron chi connectivity index (χ0n) is 11.3. The van der Waals surface area contributed by atoms with E-state index in [-0.39, 0.29) is 17.5 Å². The fourth-order valence-electron chi connectivity index (χ4n) is 2.31. The highest BCUT2D eigenvalue weighted by atomic mass is 32.2. The number of piperidine rings is 1.